The van der Waals surface area contributed by atoms with Crippen molar-refractivity contribution in [1.29, 1.82) is 5.26 Å². The van der Waals surface area contributed by atoms with Gasteiger partial charge < -0.3 is 10.3 Å². The molecule has 6 heteroatoms. The van der Waals surface area contributed by atoms with E-state index in [1.807, 2.05) is 42.7 Å². The molecule has 1 aromatic carbocycles. The fourth-order valence-corrected chi connectivity index (χ4v) is 4.38. The van der Waals surface area contributed by atoms with Crippen molar-refractivity contribution in [2.75, 3.05) is 18.4 Å². The van der Waals surface area contributed by atoms with Crippen LogP contribution in [0.5, 0.6) is 0 Å². The molecule has 1 aliphatic rings. The zero-order chi connectivity index (χ0) is 22.6. The summed E-state index contributed by atoms with van der Waals surface area (Å²) in [6.45, 7) is 5.39. The molecule has 5 rings (SSSR count). The van der Waals surface area contributed by atoms with E-state index in [1.54, 1.807) is 12.4 Å². The second-order valence-corrected chi connectivity index (χ2v) is 8.47. The molecule has 3 aromatic heterocycles. The van der Waals surface area contributed by atoms with Crippen molar-refractivity contribution in [3.05, 3.63) is 83.1 Å². The Hall–Kier alpha value is -3.95. The molecule has 0 unspecified atom stereocenters. The molecule has 1 fully saturated rings. The average molecular weight is 435 g/mol. The van der Waals surface area contributed by atoms with Crippen LogP contribution < -0.4 is 5.32 Å². The summed E-state index contributed by atoms with van der Waals surface area (Å²) in [6, 6.07) is 12.6. The number of hydrogen-bond donors (Lipinski definition) is 2. The maximum atomic E-state index is 9.69. The van der Waals surface area contributed by atoms with E-state index < -0.39 is 0 Å². The van der Waals surface area contributed by atoms with Crippen molar-refractivity contribution < 1.29 is 0 Å². The second kappa shape index (κ2) is 9.27. The van der Waals surface area contributed by atoms with E-state index in [9.17, 15) is 5.26 Å². The maximum absolute atomic E-state index is 9.69. The summed E-state index contributed by atoms with van der Waals surface area (Å²) in [7, 11) is 0. The monoisotopic (exact) mass is 434 g/mol. The molecule has 0 radical (unpaired) electrons. The lowest BCUT2D eigenvalue weighted by molar-refractivity contribution is 0.331. The Morgan fingerprint density at radius 3 is 2.76 bits per heavy atom. The lowest BCUT2D eigenvalue weighted by Crippen LogP contribution is -2.18. The average Bonchev–Trinajstić information content (AvgIpc) is 3.53. The molecule has 0 aliphatic carbocycles. The van der Waals surface area contributed by atoms with Crippen LogP contribution in [0, 0.1) is 18.3 Å². The third-order valence-corrected chi connectivity index (χ3v) is 6.25. The van der Waals surface area contributed by atoms with Gasteiger partial charge in [0.05, 0.1) is 16.9 Å². The third kappa shape index (κ3) is 4.50. The summed E-state index contributed by atoms with van der Waals surface area (Å²) in [5.74, 6) is 0. The van der Waals surface area contributed by atoms with E-state index in [2.05, 4.69) is 50.3 Å². The van der Waals surface area contributed by atoms with Crippen LogP contribution in [0.15, 0.2) is 55.1 Å². The van der Waals surface area contributed by atoms with Crippen molar-refractivity contribution in [1.82, 2.24) is 19.9 Å². The van der Waals surface area contributed by atoms with Crippen LogP contribution in [0.25, 0.3) is 23.1 Å². The van der Waals surface area contributed by atoms with E-state index in [-0.39, 0.29) is 0 Å². The fourth-order valence-electron chi connectivity index (χ4n) is 4.38. The van der Waals surface area contributed by atoms with Crippen LogP contribution in [0.3, 0.4) is 0 Å². The maximum Gasteiger partial charge on any atom is 0.103 e. The Kier molecular flexibility index (Phi) is 5.88. The first-order valence-corrected chi connectivity index (χ1v) is 11.3. The Labute approximate surface area is 193 Å². The first-order chi connectivity index (χ1) is 16.2. The van der Waals surface area contributed by atoms with Gasteiger partial charge in [-0.25, -0.2) is 0 Å². The molecule has 0 saturated carbocycles. The van der Waals surface area contributed by atoms with Gasteiger partial charge in [-0.05, 0) is 80.4 Å². The first kappa shape index (κ1) is 20.9. The molecule has 0 spiro atoms. The molecular weight excluding hydrogens is 408 g/mol. The van der Waals surface area contributed by atoms with Crippen LogP contribution in [0.4, 0.5) is 11.4 Å². The van der Waals surface area contributed by atoms with Crippen molar-refractivity contribution in [2.24, 2.45) is 0 Å². The van der Waals surface area contributed by atoms with E-state index in [0.29, 0.717) is 5.56 Å². The summed E-state index contributed by atoms with van der Waals surface area (Å²) < 4.78 is 0. The summed E-state index contributed by atoms with van der Waals surface area (Å²) >= 11 is 0. The molecule has 1 saturated heterocycles. The van der Waals surface area contributed by atoms with Gasteiger partial charge in [0.1, 0.15) is 6.07 Å². The number of aryl methyl sites for hydroxylation is 1. The number of hydrogen-bond acceptors (Lipinski definition) is 5. The van der Waals surface area contributed by atoms with Gasteiger partial charge in [-0.2, -0.15) is 5.26 Å². The minimum Gasteiger partial charge on any atom is -0.361 e. The third-order valence-electron chi connectivity index (χ3n) is 6.25. The van der Waals surface area contributed by atoms with E-state index in [4.69, 9.17) is 0 Å². The van der Waals surface area contributed by atoms with Gasteiger partial charge in [0.2, 0.25) is 0 Å². The Morgan fingerprint density at radius 1 is 1.09 bits per heavy atom. The summed E-state index contributed by atoms with van der Waals surface area (Å²) in [4.78, 5) is 14.6. The van der Waals surface area contributed by atoms with E-state index in [0.717, 1.165) is 45.6 Å². The number of benzene rings is 1. The lowest BCUT2D eigenvalue weighted by atomic mass is 10.1. The highest BCUT2D eigenvalue weighted by atomic mass is 15.1. The smallest absolute Gasteiger partial charge is 0.103 e. The van der Waals surface area contributed by atoms with Gasteiger partial charge in [-0.3, -0.25) is 14.9 Å². The Balaban J connectivity index is 1.39. The predicted octanol–water partition coefficient (Wildman–Crippen LogP) is 5.65. The van der Waals surface area contributed by atoms with Gasteiger partial charge in [-0.1, -0.05) is 6.07 Å². The molecule has 1 aliphatic heterocycles. The van der Waals surface area contributed by atoms with E-state index >= 15 is 0 Å². The van der Waals surface area contributed by atoms with Crippen LogP contribution in [0.1, 0.15) is 40.8 Å². The summed E-state index contributed by atoms with van der Waals surface area (Å²) in [5, 5.41) is 14.3. The minimum atomic E-state index is 0.500. The molecule has 2 N–H and O–H groups in total. The Bertz CT molecular complexity index is 1340. The molecule has 4 aromatic rings. The van der Waals surface area contributed by atoms with Crippen LogP contribution in [0.2, 0.25) is 0 Å². The van der Waals surface area contributed by atoms with Crippen LogP contribution in [-0.4, -0.2) is 32.9 Å². The van der Waals surface area contributed by atoms with Gasteiger partial charge in [0, 0.05) is 53.5 Å². The number of aromatic amines is 1. The number of rotatable bonds is 6. The lowest BCUT2D eigenvalue weighted by Gasteiger charge is -2.14. The highest BCUT2D eigenvalue weighted by molar-refractivity contribution is 5.90. The number of nitrogens with one attached hydrogen (secondary N) is 2. The van der Waals surface area contributed by atoms with Crippen molar-refractivity contribution in [3.8, 4) is 6.07 Å². The van der Waals surface area contributed by atoms with Gasteiger partial charge >= 0.3 is 0 Å². The standard InChI is InChI=1S/C27H26N6/c1-19-24-10-11-30-26(24)9-8-25(19)32-27-21(16-29-17-22(27)14-28)5-7-23-6-4-20(15-31-23)18-33-12-2-3-13-33/h4-11,15-17,30H,2-3,12-13,18H2,1H3,(H,29,32)/b7-5+. The first-order valence-electron chi connectivity index (χ1n) is 11.3. The number of likely N-dealkylation sites (tertiary alicyclic amines) is 1. The van der Waals surface area contributed by atoms with Crippen molar-refractivity contribution in [2.45, 2.75) is 26.3 Å². The summed E-state index contributed by atoms with van der Waals surface area (Å²) in [6.07, 6.45) is 13.8. The normalized spacial score (nSPS) is 14.2. The molecule has 4 heterocycles. The van der Waals surface area contributed by atoms with Gasteiger partial charge in [-0.15, -0.1) is 0 Å². The van der Waals surface area contributed by atoms with Crippen molar-refractivity contribution in [3.63, 3.8) is 0 Å². The molecule has 6 nitrogen and oxygen atoms in total. The largest absolute Gasteiger partial charge is 0.361 e. The quantitative estimate of drug-likeness (QED) is 0.410. The second-order valence-electron chi connectivity index (χ2n) is 8.47. The van der Waals surface area contributed by atoms with E-state index in [1.165, 1.54) is 31.5 Å². The number of aromatic nitrogens is 3. The number of H-pyrrole nitrogens is 1. The van der Waals surface area contributed by atoms with Gasteiger partial charge in [0.25, 0.3) is 0 Å². The highest BCUT2D eigenvalue weighted by Gasteiger charge is 2.12. The molecule has 0 bridgehead atoms. The van der Waals surface area contributed by atoms with Crippen LogP contribution in [-0.2, 0) is 6.54 Å². The minimum absolute atomic E-state index is 0.500. The zero-order valence-electron chi connectivity index (χ0n) is 18.7. The number of nitriles is 1. The molecule has 33 heavy (non-hydrogen) atoms. The highest BCUT2D eigenvalue weighted by Crippen LogP contribution is 2.31. The molecule has 164 valence electrons. The number of pyridine rings is 2. The topological polar surface area (TPSA) is 80.6 Å². The molecule has 0 amide bonds. The van der Waals surface area contributed by atoms with Crippen LogP contribution >= 0.6 is 0 Å². The number of nitrogens with zero attached hydrogens (tertiary/aromatic N) is 4. The molecule has 0 atom stereocenters. The molecular formula is C27H26N6. The van der Waals surface area contributed by atoms with Gasteiger partial charge in [0.15, 0.2) is 0 Å². The Morgan fingerprint density at radius 2 is 1.97 bits per heavy atom. The fraction of sp³-hybridized carbons (Fsp3) is 0.222. The number of fused-ring (bicyclic) bond motifs is 1. The summed E-state index contributed by atoms with van der Waals surface area (Å²) in [5.41, 5.74) is 7.37. The number of anilines is 2. The van der Waals surface area contributed by atoms with Crippen molar-refractivity contribution >= 4 is 34.4 Å². The zero-order valence-corrected chi connectivity index (χ0v) is 18.7. The predicted molar refractivity (Wildman–Crippen MR) is 133 cm³/mol. The SMILES string of the molecule is Cc1c(Nc2c(C#N)cncc2/C=C/c2ccc(CN3CCCC3)cn2)ccc2[nH]ccc12.